The highest BCUT2D eigenvalue weighted by Crippen LogP contribution is 2.39. The van der Waals surface area contributed by atoms with E-state index in [1.807, 2.05) is 13.8 Å². The quantitative estimate of drug-likeness (QED) is 0.378. The van der Waals surface area contributed by atoms with E-state index < -0.39 is 9.53 Å². The fraction of sp³-hybridized carbons (Fsp3) is 1.00. The molecule has 0 spiro atoms. The van der Waals surface area contributed by atoms with Crippen molar-refractivity contribution in [2.24, 2.45) is 5.92 Å². The molecule has 4 heteroatoms. The van der Waals surface area contributed by atoms with Crippen molar-refractivity contribution in [1.29, 1.82) is 0 Å². The van der Waals surface area contributed by atoms with Crippen molar-refractivity contribution in [3.63, 3.8) is 0 Å². The molecule has 0 radical (unpaired) electrons. The van der Waals surface area contributed by atoms with Crippen LogP contribution in [0, 0.1) is 5.92 Å². The van der Waals surface area contributed by atoms with Crippen LogP contribution < -0.4 is 0 Å². The molecular formula is C18H40O3Si. The molecule has 0 bridgehead atoms. The highest BCUT2D eigenvalue weighted by Gasteiger charge is 2.40. The normalized spacial score (nSPS) is 12.5. The van der Waals surface area contributed by atoms with Crippen LogP contribution in [0.1, 0.15) is 92.9 Å². The van der Waals surface area contributed by atoms with Gasteiger partial charge in [-0.3, -0.25) is 0 Å². The lowest BCUT2D eigenvalue weighted by atomic mass is 9.76. The number of rotatable bonds is 15. The minimum Gasteiger partial charge on any atom is -0.376 e. The zero-order valence-electron chi connectivity index (χ0n) is 16.0. The first-order valence-corrected chi connectivity index (χ1v) is 11.0. The summed E-state index contributed by atoms with van der Waals surface area (Å²) in [5, 5.41) is 0. The van der Waals surface area contributed by atoms with Crippen LogP contribution in [0.25, 0.3) is 0 Å². The molecular weight excluding hydrogens is 292 g/mol. The van der Waals surface area contributed by atoms with Gasteiger partial charge in [-0.25, -0.2) is 0 Å². The number of hydrogen-bond acceptors (Lipinski definition) is 3. The van der Waals surface area contributed by atoms with Crippen LogP contribution in [0.4, 0.5) is 0 Å². The van der Waals surface area contributed by atoms with Crippen LogP contribution in [0.15, 0.2) is 0 Å². The van der Waals surface area contributed by atoms with E-state index in [-0.39, 0.29) is 5.60 Å². The van der Waals surface area contributed by atoms with Gasteiger partial charge in [-0.2, -0.15) is 0 Å². The summed E-state index contributed by atoms with van der Waals surface area (Å²) < 4.78 is 18.3. The number of hydrogen-bond donors (Lipinski definition) is 0. The summed E-state index contributed by atoms with van der Waals surface area (Å²) >= 11 is 0. The molecule has 0 atom stereocenters. The standard InChI is InChI=1S/C18H40O3Si/c1-7-13-17(14-8-2)18(15-9-3,16-10-4)21-22(19-11-5)20-12-6/h17,22H,7-16H2,1-6H3. The van der Waals surface area contributed by atoms with Gasteiger partial charge in [0.1, 0.15) is 0 Å². The Kier molecular flexibility index (Phi) is 13.6. The molecule has 0 aromatic rings. The van der Waals surface area contributed by atoms with Gasteiger partial charge in [0.15, 0.2) is 0 Å². The predicted molar refractivity (Wildman–Crippen MR) is 97.3 cm³/mol. The molecule has 0 aromatic carbocycles. The molecule has 0 heterocycles. The third-order valence-electron chi connectivity index (χ3n) is 4.30. The van der Waals surface area contributed by atoms with Gasteiger partial charge < -0.3 is 13.3 Å². The van der Waals surface area contributed by atoms with Crippen molar-refractivity contribution >= 4 is 9.53 Å². The minimum atomic E-state index is -2.03. The summed E-state index contributed by atoms with van der Waals surface area (Å²) in [5.74, 6) is 0.623. The maximum absolute atomic E-state index is 6.66. The van der Waals surface area contributed by atoms with Crippen LogP contribution in [0.2, 0.25) is 0 Å². The van der Waals surface area contributed by atoms with Gasteiger partial charge in [-0.05, 0) is 45.4 Å². The average Bonchev–Trinajstić information content (AvgIpc) is 2.48. The van der Waals surface area contributed by atoms with E-state index in [4.69, 9.17) is 13.3 Å². The fourth-order valence-electron chi connectivity index (χ4n) is 3.54. The van der Waals surface area contributed by atoms with Crippen LogP contribution in [-0.4, -0.2) is 28.3 Å². The Morgan fingerprint density at radius 1 is 0.727 bits per heavy atom. The van der Waals surface area contributed by atoms with Crippen LogP contribution in [0.3, 0.4) is 0 Å². The van der Waals surface area contributed by atoms with Gasteiger partial charge >= 0.3 is 9.53 Å². The van der Waals surface area contributed by atoms with Gasteiger partial charge in [0, 0.05) is 13.2 Å². The molecule has 0 unspecified atom stereocenters. The molecule has 0 aliphatic rings. The van der Waals surface area contributed by atoms with Crippen molar-refractivity contribution < 1.29 is 13.3 Å². The lowest BCUT2D eigenvalue weighted by Crippen LogP contribution is -2.47. The topological polar surface area (TPSA) is 27.7 Å². The molecule has 0 aromatic heterocycles. The van der Waals surface area contributed by atoms with Gasteiger partial charge in [0.2, 0.25) is 0 Å². The van der Waals surface area contributed by atoms with E-state index in [1.165, 1.54) is 25.7 Å². The summed E-state index contributed by atoms with van der Waals surface area (Å²) in [6.07, 6.45) is 9.48. The first kappa shape index (κ1) is 22.1. The molecule has 0 fully saturated rings. The second-order valence-electron chi connectivity index (χ2n) is 6.16. The Morgan fingerprint density at radius 3 is 1.50 bits per heavy atom. The van der Waals surface area contributed by atoms with Crippen LogP contribution in [0.5, 0.6) is 0 Å². The van der Waals surface area contributed by atoms with Gasteiger partial charge in [-0.1, -0.05) is 53.4 Å². The Morgan fingerprint density at radius 2 is 1.18 bits per heavy atom. The van der Waals surface area contributed by atoms with Gasteiger partial charge in [0.25, 0.3) is 0 Å². The first-order valence-electron chi connectivity index (χ1n) is 9.54. The van der Waals surface area contributed by atoms with Crippen molar-refractivity contribution in [3.05, 3.63) is 0 Å². The smallest absolute Gasteiger partial charge is 0.376 e. The van der Waals surface area contributed by atoms with E-state index in [1.54, 1.807) is 0 Å². The maximum atomic E-state index is 6.66. The molecule has 0 amide bonds. The second kappa shape index (κ2) is 13.5. The van der Waals surface area contributed by atoms with E-state index in [0.717, 1.165) is 25.7 Å². The van der Waals surface area contributed by atoms with E-state index in [2.05, 4.69) is 27.7 Å². The summed E-state index contributed by atoms with van der Waals surface area (Å²) in [7, 11) is -2.03. The molecule has 0 aliphatic carbocycles. The monoisotopic (exact) mass is 332 g/mol. The third kappa shape index (κ3) is 7.58. The summed E-state index contributed by atoms with van der Waals surface area (Å²) in [6, 6.07) is 0. The first-order chi connectivity index (χ1) is 10.6. The summed E-state index contributed by atoms with van der Waals surface area (Å²) in [4.78, 5) is 0. The molecule has 0 N–H and O–H groups in total. The molecule has 0 aliphatic heterocycles. The molecule has 134 valence electrons. The third-order valence-corrected chi connectivity index (χ3v) is 6.17. The molecule has 0 saturated carbocycles. The van der Waals surface area contributed by atoms with Crippen molar-refractivity contribution in [3.8, 4) is 0 Å². The van der Waals surface area contributed by atoms with E-state index in [0.29, 0.717) is 19.1 Å². The van der Waals surface area contributed by atoms with E-state index >= 15 is 0 Å². The van der Waals surface area contributed by atoms with Crippen molar-refractivity contribution in [1.82, 2.24) is 0 Å². The van der Waals surface area contributed by atoms with Crippen LogP contribution in [-0.2, 0) is 13.3 Å². The molecule has 3 nitrogen and oxygen atoms in total. The zero-order chi connectivity index (χ0) is 16.8. The van der Waals surface area contributed by atoms with Crippen molar-refractivity contribution in [2.45, 2.75) is 98.5 Å². The highest BCUT2D eigenvalue weighted by atomic mass is 28.3. The van der Waals surface area contributed by atoms with Crippen molar-refractivity contribution in [2.75, 3.05) is 13.2 Å². The lowest BCUT2D eigenvalue weighted by Gasteiger charge is -2.43. The largest absolute Gasteiger partial charge is 0.484 e. The zero-order valence-corrected chi connectivity index (χ0v) is 17.1. The minimum absolute atomic E-state index is 0.0449. The Labute approximate surface area is 141 Å². The molecule has 0 saturated heterocycles. The Bertz CT molecular complexity index is 230. The highest BCUT2D eigenvalue weighted by molar-refractivity contribution is 6.36. The Balaban J connectivity index is 5.30. The van der Waals surface area contributed by atoms with Gasteiger partial charge in [0.05, 0.1) is 5.60 Å². The second-order valence-corrected chi connectivity index (χ2v) is 7.64. The lowest BCUT2D eigenvalue weighted by molar-refractivity contribution is -0.0645. The fourth-order valence-corrected chi connectivity index (χ4v) is 5.13. The van der Waals surface area contributed by atoms with E-state index in [9.17, 15) is 0 Å². The molecule has 0 rings (SSSR count). The summed E-state index contributed by atoms with van der Waals surface area (Å²) in [5.41, 5.74) is -0.0449. The molecule has 22 heavy (non-hydrogen) atoms. The van der Waals surface area contributed by atoms with Gasteiger partial charge in [-0.15, -0.1) is 0 Å². The summed E-state index contributed by atoms with van der Waals surface area (Å²) in [6.45, 7) is 14.5. The van der Waals surface area contributed by atoms with Crippen LogP contribution >= 0.6 is 0 Å². The Hall–Kier alpha value is 0.0969. The average molecular weight is 333 g/mol. The SMILES string of the molecule is CCCC(CCC)C(CCC)(CCC)O[SiH](OCC)OCC. The predicted octanol–water partition coefficient (Wildman–Crippen LogP) is 5.35. The maximum Gasteiger partial charge on any atom is 0.484 e.